The average molecular weight is 236 g/mol. The van der Waals surface area contributed by atoms with Crippen LogP contribution in [-0.2, 0) is 13.8 Å². The molecule has 0 aliphatic carbocycles. The summed E-state index contributed by atoms with van der Waals surface area (Å²) >= 11 is 1.53. The Morgan fingerprint density at radius 1 is 1.71 bits per heavy atom. The standard InChI is InChI=1S/C7H14BO4PS/c1-11-5-3-7(8)14-6(5)4-12-13(2,9)10/h5-7H,3-4H2,1-2H3,(H,9,10)/t5-,6-,7-/m1/s1. The molecule has 4 nitrogen and oxygen atoms in total. The third-order valence-electron chi connectivity index (χ3n) is 2.01. The molecule has 14 heavy (non-hydrogen) atoms. The van der Waals surface area contributed by atoms with E-state index in [2.05, 4.69) is 0 Å². The predicted octanol–water partition coefficient (Wildman–Crippen LogP) is 0.833. The predicted molar refractivity (Wildman–Crippen MR) is 58.0 cm³/mol. The normalized spacial score (nSPS) is 36.9. The highest BCUT2D eigenvalue weighted by Gasteiger charge is 2.33. The van der Waals surface area contributed by atoms with Crippen molar-refractivity contribution in [2.24, 2.45) is 0 Å². The first-order valence-electron chi connectivity index (χ1n) is 4.31. The van der Waals surface area contributed by atoms with Gasteiger partial charge in [-0.2, -0.15) is 11.8 Å². The molecule has 0 aromatic rings. The van der Waals surface area contributed by atoms with Gasteiger partial charge in [0.1, 0.15) is 0 Å². The molecule has 0 bridgehead atoms. The van der Waals surface area contributed by atoms with E-state index in [1.54, 1.807) is 7.11 Å². The molecule has 1 saturated heterocycles. The SMILES string of the molecule is [B][C@H]1C[C@@H](OC)[C@@H](COP(C)(=O)O)S1. The molecule has 1 N–H and O–H groups in total. The van der Waals surface area contributed by atoms with Gasteiger partial charge in [0.05, 0.1) is 25.8 Å². The minimum atomic E-state index is -3.38. The van der Waals surface area contributed by atoms with Crippen LogP contribution in [0.4, 0.5) is 0 Å². The molecule has 0 spiro atoms. The lowest BCUT2D eigenvalue weighted by atomic mass is 9.97. The van der Waals surface area contributed by atoms with Gasteiger partial charge in [-0.1, -0.05) is 0 Å². The number of thioether (sulfide) groups is 1. The van der Waals surface area contributed by atoms with Gasteiger partial charge in [0.15, 0.2) is 0 Å². The molecule has 0 saturated carbocycles. The second kappa shape index (κ2) is 5.04. The molecule has 0 aromatic carbocycles. The molecule has 1 fully saturated rings. The summed E-state index contributed by atoms with van der Waals surface area (Å²) in [6.45, 7) is 1.38. The van der Waals surface area contributed by atoms with E-state index < -0.39 is 7.60 Å². The van der Waals surface area contributed by atoms with Crippen molar-refractivity contribution < 1.29 is 18.7 Å². The number of rotatable bonds is 4. The van der Waals surface area contributed by atoms with Crippen LogP contribution in [-0.4, -0.2) is 49.6 Å². The van der Waals surface area contributed by atoms with Gasteiger partial charge in [-0.3, -0.25) is 4.57 Å². The molecule has 4 atom stereocenters. The van der Waals surface area contributed by atoms with E-state index in [4.69, 9.17) is 22.0 Å². The van der Waals surface area contributed by atoms with Crippen molar-refractivity contribution in [3.05, 3.63) is 0 Å². The van der Waals surface area contributed by atoms with Crippen molar-refractivity contribution in [1.29, 1.82) is 0 Å². The first-order valence-corrected chi connectivity index (χ1v) is 7.28. The fourth-order valence-electron chi connectivity index (χ4n) is 1.35. The molecule has 1 heterocycles. The van der Waals surface area contributed by atoms with Crippen molar-refractivity contribution in [1.82, 2.24) is 0 Å². The maximum atomic E-state index is 10.9. The summed E-state index contributed by atoms with van der Waals surface area (Å²) in [4.78, 5) is 8.95. The van der Waals surface area contributed by atoms with Gasteiger partial charge in [-0.15, -0.1) is 0 Å². The molecular formula is C7H14BO4PS. The first-order chi connectivity index (χ1) is 6.42. The number of hydrogen-bond acceptors (Lipinski definition) is 4. The van der Waals surface area contributed by atoms with Gasteiger partial charge in [0.25, 0.3) is 0 Å². The molecule has 0 amide bonds. The van der Waals surface area contributed by atoms with Gasteiger partial charge in [-0.25, -0.2) is 0 Å². The van der Waals surface area contributed by atoms with Crippen LogP contribution in [0.25, 0.3) is 0 Å². The number of hydrogen-bond donors (Lipinski definition) is 1. The van der Waals surface area contributed by atoms with E-state index >= 15 is 0 Å². The Bertz CT molecular complexity index is 234. The molecule has 80 valence electrons. The van der Waals surface area contributed by atoms with Crippen LogP contribution in [0.3, 0.4) is 0 Å². The zero-order valence-corrected chi connectivity index (χ0v) is 9.96. The number of ether oxygens (including phenoxy) is 1. The van der Waals surface area contributed by atoms with Crippen LogP contribution < -0.4 is 0 Å². The molecule has 1 aliphatic heterocycles. The fourth-order valence-corrected chi connectivity index (χ4v) is 3.19. The maximum absolute atomic E-state index is 10.9. The topological polar surface area (TPSA) is 55.8 Å². The van der Waals surface area contributed by atoms with E-state index in [0.717, 1.165) is 6.42 Å². The minimum absolute atomic E-state index is 0.0153. The zero-order valence-electron chi connectivity index (χ0n) is 8.25. The molecule has 1 aliphatic rings. The Hall–Kier alpha value is 0.525. The smallest absolute Gasteiger partial charge is 0.325 e. The van der Waals surface area contributed by atoms with Crippen molar-refractivity contribution in [2.75, 3.05) is 20.4 Å². The molecule has 0 aromatic heterocycles. The third-order valence-corrected chi connectivity index (χ3v) is 3.97. The highest BCUT2D eigenvalue weighted by Crippen LogP contribution is 2.40. The van der Waals surface area contributed by atoms with Crippen LogP contribution in [0.2, 0.25) is 0 Å². The van der Waals surface area contributed by atoms with Crippen molar-refractivity contribution in [3.63, 3.8) is 0 Å². The van der Waals surface area contributed by atoms with Crippen molar-refractivity contribution in [3.8, 4) is 0 Å². The van der Waals surface area contributed by atoms with Gasteiger partial charge in [-0.05, 0) is 11.6 Å². The first kappa shape index (κ1) is 12.6. The Balaban J connectivity index is 2.40. The zero-order chi connectivity index (χ0) is 10.8. The Morgan fingerprint density at radius 2 is 2.36 bits per heavy atom. The summed E-state index contributed by atoms with van der Waals surface area (Å²) in [5, 5.41) is 0.0823. The Morgan fingerprint density at radius 3 is 2.86 bits per heavy atom. The summed E-state index contributed by atoms with van der Waals surface area (Å²) < 4.78 is 21.0. The third kappa shape index (κ3) is 3.95. The van der Waals surface area contributed by atoms with Crippen molar-refractivity contribution >= 4 is 27.2 Å². The molecule has 1 unspecified atom stereocenters. The highest BCUT2D eigenvalue weighted by molar-refractivity contribution is 8.01. The van der Waals surface area contributed by atoms with Crippen LogP contribution in [0.5, 0.6) is 0 Å². The van der Waals surface area contributed by atoms with Crippen LogP contribution in [0.15, 0.2) is 0 Å². The monoisotopic (exact) mass is 236 g/mol. The summed E-state index contributed by atoms with van der Waals surface area (Å²) in [6.07, 6.45) is 0.774. The lowest BCUT2D eigenvalue weighted by Gasteiger charge is -2.17. The molecule has 7 heteroatoms. The van der Waals surface area contributed by atoms with Gasteiger partial charge in [0, 0.05) is 13.8 Å². The second-order valence-corrected chi connectivity index (χ2v) is 6.67. The van der Waals surface area contributed by atoms with E-state index in [1.807, 2.05) is 0 Å². The summed E-state index contributed by atoms with van der Waals surface area (Å²) in [5.41, 5.74) is 0. The Labute approximate surface area is 89.7 Å². The van der Waals surface area contributed by atoms with E-state index in [9.17, 15) is 4.57 Å². The summed E-state index contributed by atoms with van der Waals surface area (Å²) in [6, 6.07) is 0. The van der Waals surface area contributed by atoms with Gasteiger partial charge in [0.2, 0.25) is 0 Å². The van der Waals surface area contributed by atoms with E-state index in [1.165, 1.54) is 18.4 Å². The van der Waals surface area contributed by atoms with E-state index in [0.29, 0.717) is 0 Å². The second-order valence-electron chi connectivity index (χ2n) is 3.32. The minimum Gasteiger partial charge on any atom is -0.380 e. The fraction of sp³-hybridized carbons (Fsp3) is 1.00. The van der Waals surface area contributed by atoms with E-state index in [-0.39, 0.29) is 23.1 Å². The summed E-state index contributed by atoms with van der Waals surface area (Å²) in [5.74, 6) is 0. The number of methoxy groups -OCH3 is 1. The highest BCUT2D eigenvalue weighted by atomic mass is 32.2. The molecular weight excluding hydrogens is 222 g/mol. The van der Waals surface area contributed by atoms with Crippen molar-refractivity contribution in [2.45, 2.75) is 22.9 Å². The lowest BCUT2D eigenvalue weighted by Crippen LogP contribution is -2.24. The van der Waals surface area contributed by atoms with Crippen LogP contribution in [0, 0.1) is 0 Å². The average Bonchev–Trinajstić information content (AvgIpc) is 2.41. The largest absolute Gasteiger partial charge is 0.380 e. The summed E-state index contributed by atoms with van der Waals surface area (Å²) in [7, 11) is 3.95. The van der Waals surface area contributed by atoms with Gasteiger partial charge < -0.3 is 14.2 Å². The van der Waals surface area contributed by atoms with Gasteiger partial charge >= 0.3 is 7.60 Å². The maximum Gasteiger partial charge on any atom is 0.325 e. The quantitative estimate of drug-likeness (QED) is 0.578. The van der Waals surface area contributed by atoms with Crippen LogP contribution in [0.1, 0.15) is 6.42 Å². The Kier molecular flexibility index (Phi) is 4.53. The van der Waals surface area contributed by atoms with Crippen LogP contribution >= 0.6 is 19.4 Å². The lowest BCUT2D eigenvalue weighted by molar-refractivity contribution is 0.0881. The molecule has 2 radical (unpaired) electrons. The molecule has 1 rings (SSSR count).